The Hall–Kier alpha value is -2.34. The predicted molar refractivity (Wildman–Crippen MR) is 96.1 cm³/mol. The number of benzene rings is 1. The highest BCUT2D eigenvalue weighted by molar-refractivity contribution is 5.91. The molecule has 1 aliphatic heterocycles. The smallest absolute Gasteiger partial charge is 0.248 e. The van der Waals surface area contributed by atoms with Crippen LogP contribution in [0.15, 0.2) is 24.4 Å². The molecule has 2 aromatic rings. The zero-order valence-electron chi connectivity index (χ0n) is 14.9. The van der Waals surface area contributed by atoms with Crippen LogP contribution in [-0.2, 0) is 16.0 Å². The number of carbonyl (C=O) groups excluding carboxylic acids is 2. The second-order valence-corrected chi connectivity index (χ2v) is 7.06. The summed E-state index contributed by atoms with van der Waals surface area (Å²) in [6.07, 6.45) is 1.21. The Morgan fingerprint density at radius 3 is 2.88 bits per heavy atom. The maximum Gasteiger partial charge on any atom is 0.248 e. The van der Waals surface area contributed by atoms with Crippen LogP contribution in [0.1, 0.15) is 25.0 Å². The number of nitrogens with zero attached hydrogens (tertiary/aromatic N) is 1. The van der Waals surface area contributed by atoms with Crippen molar-refractivity contribution in [2.45, 2.75) is 39.3 Å². The summed E-state index contributed by atoms with van der Waals surface area (Å²) in [4.78, 5) is 29.4. The van der Waals surface area contributed by atoms with Gasteiger partial charge >= 0.3 is 0 Å². The van der Waals surface area contributed by atoms with Gasteiger partial charge in [-0.25, -0.2) is 0 Å². The molecule has 6 nitrogen and oxygen atoms in total. The number of aromatic nitrogens is 1. The molecule has 1 aliphatic rings. The van der Waals surface area contributed by atoms with Gasteiger partial charge in [0, 0.05) is 30.2 Å². The van der Waals surface area contributed by atoms with E-state index in [4.69, 9.17) is 0 Å². The van der Waals surface area contributed by atoms with Crippen molar-refractivity contribution in [2.24, 2.45) is 5.92 Å². The molecule has 3 atom stereocenters. The largest absolute Gasteiger partial charge is 0.384 e. The number of likely N-dealkylation sites (tertiary alicyclic amines) is 1. The maximum absolute atomic E-state index is 12.7. The topological polar surface area (TPSA) is 85.4 Å². The van der Waals surface area contributed by atoms with Gasteiger partial charge in [-0.2, -0.15) is 0 Å². The number of amides is 2. The first-order valence-electron chi connectivity index (χ1n) is 8.68. The first-order valence-corrected chi connectivity index (χ1v) is 8.68. The third-order valence-corrected chi connectivity index (χ3v) is 5.01. The molecule has 2 amide bonds. The van der Waals surface area contributed by atoms with E-state index < -0.39 is 12.0 Å². The zero-order chi connectivity index (χ0) is 18.1. The first kappa shape index (κ1) is 17.5. The molecule has 6 heteroatoms. The van der Waals surface area contributed by atoms with E-state index in [0.29, 0.717) is 19.5 Å². The number of aliphatic hydroxyl groups excluding tert-OH is 1. The summed E-state index contributed by atoms with van der Waals surface area (Å²) in [6.45, 7) is 6.60. The van der Waals surface area contributed by atoms with E-state index in [9.17, 15) is 14.7 Å². The highest BCUT2D eigenvalue weighted by Gasteiger charge is 2.34. The van der Waals surface area contributed by atoms with Gasteiger partial charge in [-0.15, -0.1) is 0 Å². The summed E-state index contributed by atoms with van der Waals surface area (Å²) < 4.78 is 0. The second kappa shape index (κ2) is 6.88. The zero-order valence-corrected chi connectivity index (χ0v) is 14.9. The fourth-order valence-electron chi connectivity index (χ4n) is 3.53. The molecular weight excluding hydrogens is 318 g/mol. The van der Waals surface area contributed by atoms with Crippen molar-refractivity contribution < 1.29 is 14.7 Å². The number of carbonyl (C=O) groups is 2. The van der Waals surface area contributed by atoms with Gasteiger partial charge in [0.05, 0.1) is 12.5 Å². The summed E-state index contributed by atoms with van der Waals surface area (Å²) in [7, 11) is 0. The van der Waals surface area contributed by atoms with Crippen molar-refractivity contribution in [3.63, 3.8) is 0 Å². The highest BCUT2D eigenvalue weighted by Crippen LogP contribution is 2.24. The van der Waals surface area contributed by atoms with Gasteiger partial charge in [0.15, 0.2) is 0 Å². The molecule has 0 spiro atoms. The number of aliphatic hydroxyl groups is 1. The maximum atomic E-state index is 12.7. The molecule has 1 aromatic heterocycles. The Balaban J connectivity index is 1.68. The number of aryl methyl sites for hydroxylation is 1. The van der Waals surface area contributed by atoms with Crippen LogP contribution >= 0.6 is 0 Å². The van der Waals surface area contributed by atoms with Crippen molar-refractivity contribution in [2.75, 3.05) is 13.1 Å². The fourth-order valence-corrected chi connectivity index (χ4v) is 3.53. The molecule has 134 valence electrons. The van der Waals surface area contributed by atoms with Gasteiger partial charge in [0.25, 0.3) is 0 Å². The monoisotopic (exact) mass is 343 g/mol. The minimum atomic E-state index is -1.04. The lowest BCUT2D eigenvalue weighted by Crippen LogP contribution is -2.44. The summed E-state index contributed by atoms with van der Waals surface area (Å²) in [6, 6.07) is 5.94. The standard InChI is InChI=1S/C19H25N3O3/c1-11-5-4-6-15-18(11)14(8-20-15)7-17(24)22-9-12(2)16(10-22)21-19(25)13(3)23/h4-6,8,12-13,16,20,23H,7,9-10H2,1-3H3,(H,21,25)/t12-,13?,16+/m1/s1. The molecule has 1 aromatic carbocycles. The van der Waals surface area contributed by atoms with Crippen molar-refractivity contribution in [3.8, 4) is 0 Å². The molecule has 0 radical (unpaired) electrons. The fraction of sp³-hybridized carbons (Fsp3) is 0.474. The molecular formula is C19H25N3O3. The normalized spacial score (nSPS) is 21.5. The van der Waals surface area contributed by atoms with Crippen LogP contribution in [0.25, 0.3) is 10.9 Å². The average molecular weight is 343 g/mol. The van der Waals surface area contributed by atoms with Gasteiger partial charge in [-0.3, -0.25) is 9.59 Å². The molecule has 25 heavy (non-hydrogen) atoms. The van der Waals surface area contributed by atoms with Crippen LogP contribution in [0.4, 0.5) is 0 Å². The van der Waals surface area contributed by atoms with Gasteiger partial charge in [0.1, 0.15) is 6.10 Å². The lowest BCUT2D eigenvalue weighted by atomic mass is 10.1. The van der Waals surface area contributed by atoms with Crippen LogP contribution in [0.2, 0.25) is 0 Å². The summed E-state index contributed by atoms with van der Waals surface area (Å²) >= 11 is 0. The molecule has 0 saturated carbocycles. The highest BCUT2D eigenvalue weighted by atomic mass is 16.3. The lowest BCUT2D eigenvalue weighted by molar-refractivity contribution is -0.131. The molecule has 2 heterocycles. The Morgan fingerprint density at radius 1 is 1.40 bits per heavy atom. The van der Waals surface area contributed by atoms with Crippen molar-refractivity contribution >= 4 is 22.7 Å². The van der Waals surface area contributed by atoms with Crippen molar-refractivity contribution in [1.29, 1.82) is 0 Å². The minimum absolute atomic E-state index is 0.0600. The number of rotatable bonds is 4. The number of nitrogens with one attached hydrogen (secondary N) is 2. The molecule has 1 unspecified atom stereocenters. The summed E-state index contributed by atoms with van der Waals surface area (Å²) in [5.41, 5.74) is 3.19. The number of H-pyrrole nitrogens is 1. The summed E-state index contributed by atoms with van der Waals surface area (Å²) in [5.74, 6) is -0.167. The second-order valence-electron chi connectivity index (χ2n) is 7.06. The summed E-state index contributed by atoms with van der Waals surface area (Å²) in [5, 5.41) is 13.3. The van der Waals surface area contributed by atoms with Crippen LogP contribution in [0.3, 0.4) is 0 Å². The number of aromatic amines is 1. The van der Waals surface area contributed by atoms with E-state index >= 15 is 0 Å². The van der Waals surface area contributed by atoms with E-state index in [1.807, 2.05) is 38.2 Å². The van der Waals surface area contributed by atoms with E-state index in [1.54, 1.807) is 4.90 Å². The van der Waals surface area contributed by atoms with Gasteiger partial charge in [-0.05, 0) is 37.0 Å². The van der Waals surface area contributed by atoms with Gasteiger partial charge < -0.3 is 20.3 Å². The third-order valence-electron chi connectivity index (χ3n) is 5.01. The van der Waals surface area contributed by atoms with E-state index in [-0.39, 0.29) is 17.9 Å². The van der Waals surface area contributed by atoms with Crippen LogP contribution in [0, 0.1) is 12.8 Å². The van der Waals surface area contributed by atoms with Crippen LogP contribution in [-0.4, -0.2) is 52.0 Å². The molecule has 1 saturated heterocycles. The lowest BCUT2D eigenvalue weighted by Gasteiger charge is -2.18. The number of fused-ring (bicyclic) bond motifs is 1. The predicted octanol–water partition coefficient (Wildman–Crippen LogP) is 1.36. The van der Waals surface area contributed by atoms with Crippen LogP contribution in [0.5, 0.6) is 0 Å². The Labute approximate surface area is 147 Å². The number of hydrogen-bond donors (Lipinski definition) is 3. The molecule has 3 rings (SSSR count). The molecule has 3 N–H and O–H groups in total. The minimum Gasteiger partial charge on any atom is -0.384 e. The van der Waals surface area contributed by atoms with E-state index in [1.165, 1.54) is 6.92 Å². The van der Waals surface area contributed by atoms with Crippen LogP contribution < -0.4 is 5.32 Å². The van der Waals surface area contributed by atoms with Crippen molar-refractivity contribution in [3.05, 3.63) is 35.5 Å². The third kappa shape index (κ3) is 3.54. The Morgan fingerprint density at radius 2 is 2.16 bits per heavy atom. The van der Waals surface area contributed by atoms with E-state index in [2.05, 4.69) is 10.3 Å². The quantitative estimate of drug-likeness (QED) is 0.784. The molecule has 0 aliphatic carbocycles. The Kier molecular flexibility index (Phi) is 4.81. The van der Waals surface area contributed by atoms with E-state index in [0.717, 1.165) is 22.0 Å². The molecule has 0 bridgehead atoms. The Bertz CT molecular complexity index is 796. The SMILES string of the molecule is Cc1cccc2[nH]cc(CC(=O)N3C[C@@H](C)[C@@H](NC(=O)C(C)O)C3)c12. The van der Waals surface area contributed by atoms with Gasteiger partial charge in [-0.1, -0.05) is 19.1 Å². The average Bonchev–Trinajstić information content (AvgIpc) is 3.12. The van der Waals surface area contributed by atoms with Gasteiger partial charge in [0.2, 0.25) is 11.8 Å². The first-order chi connectivity index (χ1) is 11.9. The molecule has 1 fully saturated rings. The number of hydrogen-bond acceptors (Lipinski definition) is 3. The van der Waals surface area contributed by atoms with Crippen molar-refractivity contribution in [1.82, 2.24) is 15.2 Å².